The van der Waals surface area contributed by atoms with E-state index >= 15 is 0 Å². The second kappa shape index (κ2) is 5.17. The summed E-state index contributed by atoms with van der Waals surface area (Å²) in [6.45, 7) is 2.06. The SMILES string of the molecule is Cc1sc(Br)cc1C(Cl)c1cc2ccc(F)cc2s1. The lowest BCUT2D eigenvalue weighted by atomic mass is 10.1. The number of halogens is 3. The topological polar surface area (TPSA) is 0 Å². The van der Waals surface area contributed by atoms with Crippen LogP contribution in [-0.4, -0.2) is 0 Å². The monoisotopic (exact) mass is 374 g/mol. The van der Waals surface area contributed by atoms with Crippen molar-refractivity contribution >= 4 is 60.3 Å². The van der Waals surface area contributed by atoms with Gasteiger partial charge in [-0.05, 0) is 58.1 Å². The Morgan fingerprint density at radius 3 is 2.68 bits per heavy atom. The highest BCUT2D eigenvalue weighted by atomic mass is 79.9. The van der Waals surface area contributed by atoms with Crippen molar-refractivity contribution in [1.29, 1.82) is 0 Å². The molecule has 2 aromatic heterocycles. The molecule has 0 saturated carbocycles. The first-order valence-electron chi connectivity index (χ1n) is 5.63. The summed E-state index contributed by atoms with van der Waals surface area (Å²) in [4.78, 5) is 2.26. The Balaban J connectivity index is 2.06. The van der Waals surface area contributed by atoms with Gasteiger partial charge in [0.2, 0.25) is 0 Å². The molecule has 0 aliphatic carbocycles. The van der Waals surface area contributed by atoms with Crippen LogP contribution in [0.25, 0.3) is 10.1 Å². The van der Waals surface area contributed by atoms with Crippen molar-refractivity contribution in [3.05, 3.63) is 55.3 Å². The minimum Gasteiger partial charge on any atom is -0.207 e. The van der Waals surface area contributed by atoms with Crippen molar-refractivity contribution in [3.8, 4) is 0 Å². The third kappa shape index (κ3) is 2.59. The first-order valence-corrected chi connectivity index (χ1v) is 8.50. The van der Waals surface area contributed by atoms with Crippen LogP contribution in [0.5, 0.6) is 0 Å². The average molecular weight is 376 g/mol. The minimum atomic E-state index is -0.207. The van der Waals surface area contributed by atoms with Crippen LogP contribution in [0.1, 0.15) is 20.7 Å². The Kier molecular flexibility index (Phi) is 3.69. The van der Waals surface area contributed by atoms with Crippen LogP contribution >= 0.6 is 50.2 Å². The summed E-state index contributed by atoms with van der Waals surface area (Å²) in [7, 11) is 0. The molecule has 0 radical (unpaired) electrons. The molecule has 1 unspecified atom stereocenters. The Morgan fingerprint density at radius 2 is 2.00 bits per heavy atom. The predicted molar refractivity (Wildman–Crippen MR) is 86.2 cm³/mol. The number of hydrogen-bond acceptors (Lipinski definition) is 2. The van der Waals surface area contributed by atoms with Gasteiger partial charge in [-0.2, -0.15) is 0 Å². The molecule has 19 heavy (non-hydrogen) atoms. The lowest BCUT2D eigenvalue weighted by Gasteiger charge is -2.05. The number of rotatable bonds is 2. The van der Waals surface area contributed by atoms with E-state index < -0.39 is 0 Å². The molecule has 3 rings (SSSR count). The Morgan fingerprint density at radius 1 is 1.21 bits per heavy atom. The first kappa shape index (κ1) is 13.6. The molecule has 2 heterocycles. The lowest BCUT2D eigenvalue weighted by molar-refractivity contribution is 0.630. The van der Waals surface area contributed by atoms with Gasteiger partial charge >= 0.3 is 0 Å². The van der Waals surface area contributed by atoms with Gasteiger partial charge in [0.15, 0.2) is 0 Å². The van der Waals surface area contributed by atoms with Crippen molar-refractivity contribution < 1.29 is 4.39 Å². The highest BCUT2D eigenvalue weighted by molar-refractivity contribution is 9.11. The van der Waals surface area contributed by atoms with Crippen LogP contribution in [-0.2, 0) is 0 Å². The maximum atomic E-state index is 13.2. The minimum absolute atomic E-state index is 0.178. The standard InChI is InChI=1S/C14H9BrClFS2/c1-7-10(6-13(15)18-7)14(16)12-4-8-2-3-9(17)5-11(8)19-12/h2-6,14H,1H3. The van der Waals surface area contributed by atoms with Gasteiger partial charge in [-0.15, -0.1) is 34.3 Å². The van der Waals surface area contributed by atoms with Gasteiger partial charge in [-0.3, -0.25) is 0 Å². The Bertz CT molecular complexity index is 747. The van der Waals surface area contributed by atoms with E-state index in [2.05, 4.69) is 28.9 Å². The van der Waals surface area contributed by atoms with Crippen LogP contribution < -0.4 is 0 Å². The molecular formula is C14H9BrClFS2. The van der Waals surface area contributed by atoms with Gasteiger partial charge in [-0.1, -0.05) is 6.07 Å². The number of alkyl halides is 1. The number of benzene rings is 1. The zero-order valence-corrected chi connectivity index (χ0v) is 13.9. The normalized spacial score (nSPS) is 13.1. The van der Waals surface area contributed by atoms with E-state index in [9.17, 15) is 4.39 Å². The zero-order chi connectivity index (χ0) is 13.6. The molecule has 0 saturated heterocycles. The second-order valence-corrected chi connectivity index (χ2v) is 8.44. The van der Waals surface area contributed by atoms with Gasteiger partial charge in [-0.25, -0.2) is 4.39 Å². The molecule has 1 aromatic carbocycles. The quantitative estimate of drug-likeness (QED) is 0.448. The molecule has 0 aliphatic heterocycles. The molecule has 0 bridgehead atoms. The van der Waals surface area contributed by atoms with Crippen LogP contribution in [0.15, 0.2) is 34.1 Å². The maximum Gasteiger partial charge on any atom is 0.124 e. The smallest absolute Gasteiger partial charge is 0.124 e. The number of aryl methyl sites for hydroxylation is 1. The van der Waals surface area contributed by atoms with Gasteiger partial charge in [0.1, 0.15) is 5.82 Å². The van der Waals surface area contributed by atoms with Crippen LogP contribution in [0.2, 0.25) is 0 Å². The fraction of sp³-hybridized carbons (Fsp3) is 0.143. The summed E-state index contributed by atoms with van der Waals surface area (Å²) >= 11 is 13.3. The van der Waals surface area contributed by atoms with Gasteiger partial charge in [0, 0.05) is 14.5 Å². The van der Waals surface area contributed by atoms with Crippen LogP contribution in [0.4, 0.5) is 4.39 Å². The van der Waals surface area contributed by atoms with E-state index in [4.69, 9.17) is 11.6 Å². The fourth-order valence-corrected chi connectivity index (χ4v) is 5.34. The molecule has 0 amide bonds. The summed E-state index contributed by atoms with van der Waals surface area (Å²) in [5.41, 5.74) is 1.12. The molecule has 0 N–H and O–H groups in total. The summed E-state index contributed by atoms with van der Waals surface area (Å²) in [5.74, 6) is -0.207. The number of fused-ring (bicyclic) bond motifs is 1. The third-order valence-electron chi connectivity index (χ3n) is 2.95. The van der Waals surface area contributed by atoms with E-state index in [-0.39, 0.29) is 11.2 Å². The average Bonchev–Trinajstić information content (AvgIpc) is 2.91. The van der Waals surface area contributed by atoms with Crippen molar-refractivity contribution in [2.75, 3.05) is 0 Å². The van der Waals surface area contributed by atoms with Gasteiger partial charge in [0.05, 0.1) is 9.16 Å². The largest absolute Gasteiger partial charge is 0.207 e. The Labute approximate surface area is 132 Å². The van der Waals surface area contributed by atoms with Gasteiger partial charge in [0.25, 0.3) is 0 Å². The highest BCUT2D eigenvalue weighted by Crippen LogP contribution is 2.41. The maximum absolute atomic E-state index is 13.2. The highest BCUT2D eigenvalue weighted by Gasteiger charge is 2.18. The van der Waals surface area contributed by atoms with E-state index in [1.54, 1.807) is 34.8 Å². The third-order valence-corrected chi connectivity index (χ3v) is 6.28. The summed E-state index contributed by atoms with van der Waals surface area (Å²) in [5, 5.41) is 0.863. The Hall–Kier alpha value is -0.420. The summed E-state index contributed by atoms with van der Waals surface area (Å²) in [6.07, 6.45) is 0. The first-order chi connectivity index (χ1) is 9.04. The number of hydrogen-bond donors (Lipinski definition) is 0. The molecule has 0 spiro atoms. The molecule has 0 fully saturated rings. The van der Waals surface area contributed by atoms with Crippen molar-refractivity contribution in [1.82, 2.24) is 0 Å². The van der Waals surface area contributed by atoms with Gasteiger partial charge < -0.3 is 0 Å². The summed E-state index contributed by atoms with van der Waals surface area (Å²) in [6, 6.07) is 8.94. The zero-order valence-electron chi connectivity index (χ0n) is 9.91. The predicted octanol–water partition coefficient (Wildman–Crippen LogP) is 6.50. The van der Waals surface area contributed by atoms with E-state index in [1.807, 2.05) is 6.07 Å². The van der Waals surface area contributed by atoms with E-state index in [0.29, 0.717) is 0 Å². The molecular weight excluding hydrogens is 367 g/mol. The van der Waals surface area contributed by atoms with E-state index in [1.165, 1.54) is 10.9 Å². The van der Waals surface area contributed by atoms with Crippen molar-refractivity contribution in [2.24, 2.45) is 0 Å². The van der Waals surface area contributed by atoms with E-state index in [0.717, 1.165) is 24.3 Å². The fourth-order valence-electron chi connectivity index (χ4n) is 2.01. The second-order valence-electron chi connectivity index (χ2n) is 4.26. The molecule has 3 aromatic rings. The van der Waals surface area contributed by atoms with Crippen molar-refractivity contribution in [2.45, 2.75) is 12.3 Å². The molecule has 1 atom stereocenters. The van der Waals surface area contributed by atoms with Crippen LogP contribution in [0.3, 0.4) is 0 Å². The molecule has 5 heteroatoms. The number of thiophene rings is 2. The van der Waals surface area contributed by atoms with Crippen molar-refractivity contribution in [3.63, 3.8) is 0 Å². The van der Waals surface area contributed by atoms with Crippen LogP contribution in [0, 0.1) is 12.7 Å². The molecule has 0 aliphatic rings. The molecule has 0 nitrogen and oxygen atoms in total. The molecule has 98 valence electrons. The lowest BCUT2D eigenvalue weighted by Crippen LogP contribution is -1.88. The summed E-state index contributed by atoms with van der Waals surface area (Å²) < 4.78 is 15.2.